The molecule has 0 saturated heterocycles. The second-order valence-electron chi connectivity index (χ2n) is 4.00. The largest absolute Gasteiger partial charge is 0.495 e. The van der Waals surface area contributed by atoms with E-state index in [1.807, 2.05) is 42.5 Å². The van der Waals surface area contributed by atoms with Gasteiger partial charge in [0.05, 0.1) is 12.7 Å². The lowest BCUT2D eigenvalue weighted by molar-refractivity contribution is 0.413. The highest BCUT2D eigenvalue weighted by Gasteiger charge is 2.04. The highest BCUT2D eigenvalue weighted by molar-refractivity contribution is 7.98. The second-order valence-corrected chi connectivity index (χ2v) is 5.05. The standard InChI is InChI=1S/C15H14N2OS/c1-18-15-7-2-11(8-12(15)9-16)10-19-14-5-3-13(17)4-6-14/h2-8H,10,17H2,1H3. The number of nitriles is 1. The zero-order chi connectivity index (χ0) is 13.7. The number of nitrogen functional groups attached to an aromatic ring is 1. The Hall–Kier alpha value is -2.12. The van der Waals surface area contributed by atoms with Crippen molar-refractivity contribution in [3.63, 3.8) is 0 Å². The van der Waals surface area contributed by atoms with E-state index in [-0.39, 0.29) is 0 Å². The average molecular weight is 270 g/mol. The topological polar surface area (TPSA) is 59.0 Å². The van der Waals surface area contributed by atoms with Gasteiger partial charge in [-0.25, -0.2) is 0 Å². The number of benzene rings is 2. The second kappa shape index (κ2) is 6.17. The first-order valence-electron chi connectivity index (χ1n) is 5.78. The van der Waals surface area contributed by atoms with Crippen molar-refractivity contribution >= 4 is 17.4 Å². The number of methoxy groups -OCH3 is 1. The van der Waals surface area contributed by atoms with Crippen LogP contribution < -0.4 is 10.5 Å². The van der Waals surface area contributed by atoms with Crippen molar-refractivity contribution in [1.82, 2.24) is 0 Å². The normalized spacial score (nSPS) is 9.89. The summed E-state index contributed by atoms with van der Waals surface area (Å²) in [7, 11) is 1.57. The predicted octanol–water partition coefficient (Wildman–Crippen LogP) is 3.44. The van der Waals surface area contributed by atoms with Gasteiger partial charge in [0, 0.05) is 16.3 Å². The van der Waals surface area contributed by atoms with Crippen LogP contribution in [0.15, 0.2) is 47.4 Å². The van der Waals surface area contributed by atoms with Gasteiger partial charge in [-0.15, -0.1) is 11.8 Å². The quantitative estimate of drug-likeness (QED) is 0.683. The summed E-state index contributed by atoms with van der Waals surface area (Å²) >= 11 is 1.71. The van der Waals surface area contributed by atoms with Crippen LogP contribution in [0.2, 0.25) is 0 Å². The maximum absolute atomic E-state index is 9.04. The van der Waals surface area contributed by atoms with E-state index in [4.69, 9.17) is 15.7 Å². The lowest BCUT2D eigenvalue weighted by Crippen LogP contribution is -1.90. The van der Waals surface area contributed by atoms with Crippen molar-refractivity contribution in [2.45, 2.75) is 10.6 Å². The number of anilines is 1. The molecule has 0 bridgehead atoms. The van der Waals surface area contributed by atoms with Crippen LogP contribution in [0.25, 0.3) is 0 Å². The molecule has 19 heavy (non-hydrogen) atoms. The van der Waals surface area contributed by atoms with Gasteiger partial charge >= 0.3 is 0 Å². The third-order valence-electron chi connectivity index (χ3n) is 2.67. The Morgan fingerprint density at radius 1 is 1.21 bits per heavy atom. The maximum atomic E-state index is 9.04. The van der Waals surface area contributed by atoms with Gasteiger partial charge in [0.2, 0.25) is 0 Å². The van der Waals surface area contributed by atoms with Gasteiger partial charge in [0.1, 0.15) is 11.8 Å². The van der Waals surface area contributed by atoms with Crippen molar-refractivity contribution in [3.8, 4) is 11.8 Å². The average Bonchev–Trinajstić information content (AvgIpc) is 2.46. The Bertz CT molecular complexity index is 603. The van der Waals surface area contributed by atoms with Gasteiger partial charge in [0.25, 0.3) is 0 Å². The van der Waals surface area contributed by atoms with Gasteiger partial charge < -0.3 is 10.5 Å². The van der Waals surface area contributed by atoms with E-state index in [9.17, 15) is 0 Å². The summed E-state index contributed by atoms with van der Waals surface area (Å²) in [5.74, 6) is 1.42. The minimum Gasteiger partial charge on any atom is -0.495 e. The number of hydrogen-bond acceptors (Lipinski definition) is 4. The third-order valence-corrected chi connectivity index (χ3v) is 3.75. The first-order valence-corrected chi connectivity index (χ1v) is 6.77. The van der Waals surface area contributed by atoms with Crippen molar-refractivity contribution in [2.24, 2.45) is 0 Å². The highest BCUT2D eigenvalue weighted by atomic mass is 32.2. The van der Waals surface area contributed by atoms with Crippen LogP contribution in [0.5, 0.6) is 5.75 Å². The maximum Gasteiger partial charge on any atom is 0.136 e. The summed E-state index contributed by atoms with van der Waals surface area (Å²) in [6.07, 6.45) is 0. The molecule has 4 heteroatoms. The van der Waals surface area contributed by atoms with Crippen LogP contribution >= 0.6 is 11.8 Å². The summed E-state index contributed by atoms with van der Waals surface area (Å²) in [6, 6.07) is 15.6. The molecule has 0 saturated carbocycles. The van der Waals surface area contributed by atoms with Crippen LogP contribution in [0.1, 0.15) is 11.1 Å². The van der Waals surface area contributed by atoms with Gasteiger partial charge in [0.15, 0.2) is 0 Å². The molecule has 0 atom stereocenters. The minimum absolute atomic E-state index is 0.568. The fourth-order valence-corrected chi connectivity index (χ4v) is 2.50. The number of rotatable bonds is 4. The first kappa shape index (κ1) is 13.3. The lowest BCUT2D eigenvalue weighted by Gasteiger charge is -2.06. The Labute approximate surface area is 117 Å². The number of nitrogens with zero attached hydrogens (tertiary/aromatic N) is 1. The molecule has 0 fully saturated rings. The summed E-state index contributed by atoms with van der Waals surface area (Å²) in [4.78, 5) is 1.16. The molecule has 0 aliphatic rings. The molecule has 2 rings (SSSR count). The van der Waals surface area contributed by atoms with E-state index in [1.165, 1.54) is 0 Å². The van der Waals surface area contributed by atoms with E-state index < -0.39 is 0 Å². The first-order chi connectivity index (χ1) is 9.22. The number of hydrogen-bond donors (Lipinski definition) is 1. The van der Waals surface area contributed by atoms with Crippen LogP contribution in [0.4, 0.5) is 5.69 Å². The van der Waals surface area contributed by atoms with Crippen molar-refractivity contribution in [3.05, 3.63) is 53.6 Å². The van der Waals surface area contributed by atoms with E-state index in [1.54, 1.807) is 18.9 Å². The lowest BCUT2D eigenvalue weighted by atomic mass is 10.1. The summed E-state index contributed by atoms with van der Waals surface area (Å²) in [5.41, 5.74) is 8.07. The van der Waals surface area contributed by atoms with E-state index in [0.717, 1.165) is 21.9 Å². The molecule has 2 aromatic carbocycles. The summed E-state index contributed by atoms with van der Waals surface area (Å²) in [6.45, 7) is 0. The zero-order valence-corrected chi connectivity index (χ0v) is 11.4. The molecule has 0 unspecified atom stereocenters. The molecule has 2 N–H and O–H groups in total. The molecular formula is C15H14N2OS. The van der Waals surface area contributed by atoms with Crippen LogP contribution in [-0.4, -0.2) is 7.11 Å². The molecule has 2 aromatic rings. The number of nitrogens with two attached hydrogens (primary N) is 1. The molecule has 0 heterocycles. The van der Waals surface area contributed by atoms with Crippen molar-refractivity contribution < 1.29 is 4.74 Å². The van der Waals surface area contributed by atoms with Crippen molar-refractivity contribution in [2.75, 3.05) is 12.8 Å². The number of ether oxygens (including phenoxy) is 1. The van der Waals surface area contributed by atoms with Gasteiger partial charge in [-0.2, -0.15) is 5.26 Å². The SMILES string of the molecule is COc1ccc(CSc2ccc(N)cc2)cc1C#N. The Morgan fingerprint density at radius 2 is 1.95 bits per heavy atom. The molecule has 0 aliphatic heterocycles. The van der Waals surface area contributed by atoms with Gasteiger partial charge in [-0.05, 0) is 42.0 Å². The molecule has 0 spiro atoms. The Kier molecular flexibility index (Phi) is 4.32. The van der Waals surface area contributed by atoms with Gasteiger partial charge in [-0.3, -0.25) is 0 Å². The van der Waals surface area contributed by atoms with Crippen LogP contribution in [0.3, 0.4) is 0 Å². The molecule has 0 aliphatic carbocycles. The molecule has 0 radical (unpaired) electrons. The fraction of sp³-hybridized carbons (Fsp3) is 0.133. The molecule has 0 aromatic heterocycles. The van der Waals surface area contributed by atoms with Crippen LogP contribution in [0, 0.1) is 11.3 Å². The van der Waals surface area contributed by atoms with E-state index >= 15 is 0 Å². The Balaban J connectivity index is 2.08. The molecule has 96 valence electrons. The minimum atomic E-state index is 0.568. The smallest absolute Gasteiger partial charge is 0.136 e. The fourth-order valence-electron chi connectivity index (χ4n) is 1.66. The van der Waals surface area contributed by atoms with E-state index in [2.05, 4.69) is 6.07 Å². The molecule has 0 amide bonds. The number of thioether (sulfide) groups is 1. The van der Waals surface area contributed by atoms with Crippen LogP contribution in [-0.2, 0) is 5.75 Å². The van der Waals surface area contributed by atoms with E-state index in [0.29, 0.717) is 11.3 Å². The molecular weight excluding hydrogens is 256 g/mol. The predicted molar refractivity (Wildman–Crippen MR) is 78.1 cm³/mol. The monoisotopic (exact) mass is 270 g/mol. The Morgan fingerprint density at radius 3 is 2.58 bits per heavy atom. The zero-order valence-electron chi connectivity index (χ0n) is 10.6. The summed E-state index contributed by atoms with van der Waals surface area (Å²) in [5, 5.41) is 9.04. The third kappa shape index (κ3) is 3.43. The van der Waals surface area contributed by atoms with Crippen molar-refractivity contribution in [1.29, 1.82) is 5.26 Å². The summed E-state index contributed by atoms with van der Waals surface area (Å²) < 4.78 is 5.12. The molecule has 3 nitrogen and oxygen atoms in total. The van der Waals surface area contributed by atoms with Gasteiger partial charge in [-0.1, -0.05) is 6.07 Å². The highest BCUT2D eigenvalue weighted by Crippen LogP contribution is 2.26.